The third kappa shape index (κ3) is 5.37. The van der Waals surface area contributed by atoms with Gasteiger partial charge in [-0.1, -0.05) is 43.5 Å². The van der Waals surface area contributed by atoms with E-state index >= 15 is 0 Å². The van der Waals surface area contributed by atoms with E-state index in [1.807, 2.05) is 0 Å². The van der Waals surface area contributed by atoms with Crippen molar-refractivity contribution in [2.45, 2.75) is 50.6 Å². The molecule has 138 valence electrons. The Morgan fingerprint density at radius 1 is 1.08 bits per heavy atom. The summed E-state index contributed by atoms with van der Waals surface area (Å²) in [5.41, 5.74) is 1.04. The van der Waals surface area contributed by atoms with Gasteiger partial charge in [-0.15, -0.1) is 0 Å². The van der Waals surface area contributed by atoms with Gasteiger partial charge in [0.2, 0.25) is 0 Å². The molecule has 1 aliphatic carbocycles. The van der Waals surface area contributed by atoms with Crippen molar-refractivity contribution in [3.8, 4) is 0 Å². The third-order valence-corrected chi connectivity index (χ3v) is 5.66. The number of rotatable bonds is 6. The van der Waals surface area contributed by atoms with Crippen LogP contribution in [0, 0.1) is 5.82 Å². The predicted molar refractivity (Wildman–Crippen MR) is 101 cm³/mol. The number of aliphatic hydroxyl groups is 1. The van der Waals surface area contributed by atoms with E-state index in [-0.39, 0.29) is 12.4 Å². The van der Waals surface area contributed by atoms with E-state index in [0.717, 1.165) is 44.2 Å². The Kier molecular flexibility index (Phi) is 7.02. The minimum Gasteiger partial charge on any atom is -0.396 e. The van der Waals surface area contributed by atoms with Gasteiger partial charge in [-0.3, -0.25) is 9.80 Å². The van der Waals surface area contributed by atoms with E-state index in [1.54, 1.807) is 12.1 Å². The van der Waals surface area contributed by atoms with Crippen LogP contribution in [0.3, 0.4) is 0 Å². The minimum absolute atomic E-state index is 0.192. The lowest BCUT2D eigenvalue weighted by atomic mass is 9.92. The molecule has 1 aromatic rings. The maximum atomic E-state index is 12.9. The highest BCUT2D eigenvalue weighted by atomic mass is 19.1. The maximum absolute atomic E-state index is 12.9. The minimum atomic E-state index is -0.192. The summed E-state index contributed by atoms with van der Waals surface area (Å²) < 4.78 is 12.9. The first-order valence-corrected chi connectivity index (χ1v) is 9.77. The lowest BCUT2D eigenvalue weighted by Gasteiger charge is -2.46. The van der Waals surface area contributed by atoms with Gasteiger partial charge in [-0.2, -0.15) is 0 Å². The van der Waals surface area contributed by atoms with Crippen molar-refractivity contribution >= 4 is 6.08 Å². The van der Waals surface area contributed by atoms with Gasteiger partial charge in [0.05, 0.1) is 0 Å². The van der Waals surface area contributed by atoms with E-state index in [1.165, 1.54) is 44.2 Å². The molecule has 1 unspecified atom stereocenters. The van der Waals surface area contributed by atoms with Gasteiger partial charge in [0.1, 0.15) is 5.82 Å². The van der Waals surface area contributed by atoms with Crippen molar-refractivity contribution in [1.82, 2.24) is 9.80 Å². The summed E-state index contributed by atoms with van der Waals surface area (Å²) in [6, 6.07) is 7.81. The Labute approximate surface area is 151 Å². The number of benzene rings is 1. The normalized spacial score (nSPS) is 24.2. The highest BCUT2D eigenvalue weighted by Crippen LogP contribution is 2.27. The fourth-order valence-corrected chi connectivity index (χ4v) is 4.31. The number of halogens is 1. The second-order valence-electron chi connectivity index (χ2n) is 7.41. The average Bonchev–Trinajstić information content (AvgIpc) is 2.65. The average molecular weight is 346 g/mol. The SMILES string of the molecule is OCCC1CN(C/C=C/c2ccc(F)cc2)CCN1C1CCCCC1. The maximum Gasteiger partial charge on any atom is 0.123 e. The molecule has 2 fully saturated rings. The predicted octanol–water partition coefficient (Wildman–Crippen LogP) is 3.54. The van der Waals surface area contributed by atoms with Crippen LogP contribution in [-0.2, 0) is 0 Å². The van der Waals surface area contributed by atoms with Gasteiger partial charge >= 0.3 is 0 Å². The number of aliphatic hydroxyl groups excluding tert-OH is 1. The van der Waals surface area contributed by atoms with Crippen molar-refractivity contribution in [3.05, 3.63) is 41.7 Å². The first-order chi connectivity index (χ1) is 12.3. The number of nitrogens with zero attached hydrogens (tertiary/aromatic N) is 2. The molecule has 2 aliphatic rings. The molecule has 0 aromatic heterocycles. The van der Waals surface area contributed by atoms with Gasteiger partial charge in [-0.05, 0) is 37.0 Å². The Bertz CT molecular complexity index is 539. The smallest absolute Gasteiger partial charge is 0.123 e. The number of piperazine rings is 1. The second kappa shape index (κ2) is 9.46. The summed E-state index contributed by atoms with van der Waals surface area (Å²) in [7, 11) is 0. The van der Waals surface area contributed by atoms with Gasteiger partial charge in [0.15, 0.2) is 0 Å². The molecule has 1 saturated heterocycles. The van der Waals surface area contributed by atoms with Crippen LogP contribution in [0.2, 0.25) is 0 Å². The summed E-state index contributed by atoms with van der Waals surface area (Å²) in [6.07, 6.45) is 11.9. The molecule has 3 nitrogen and oxygen atoms in total. The van der Waals surface area contributed by atoms with Crippen LogP contribution < -0.4 is 0 Å². The Morgan fingerprint density at radius 2 is 1.84 bits per heavy atom. The standard InChI is InChI=1S/C21H31FN2O/c22-19-10-8-18(9-11-19)5-4-13-23-14-15-24(21(17-23)12-16-25)20-6-2-1-3-7-20/h4-5,8-11,20-21,25H,1-3,6-7,12-17H2/b5-4+. The second-order valence-corrected chi connectivity index (χ2v) is 7.41. The van der Waals surface area contributed by atoms with E-state index < -0.39 is 0 Å². The zero-order valence-corrected chi connectivity index (χ0v) is 15.1. The summed E-state index contributed by atoms with van der Waals surface area (Å²) in [5, 5.41) is 9.48. The molecule has 1 saturated carbocycles. The van der Waals surface area contributed by atoms with Crippen LogP contribution in [0.15, 0.2) is 30.3 Å². The molecule has 0 bridgehead atoms. The van der Waals surface area contributed by atoms with Crippen LogP contribution in [0.5, 0.6) is 0 Å². The molecule has 4 heteroatoms. The summed E-state index contributed by atoms with van der Waals surface area (Å²) in [4.78, 5) is 5.15. The Morgan fingerprint density at radius 3 is 2.56 bits per heavy atom. The Balaban J connectivity index is 1.53. The van der Waals surface area contributed by atoms with E-state index in [4.69, 9.17) is 0 Å². The molecule has 3 rings (SSSR count). The van der Waals surface area contributed by atoms with Gasteiger partial charge < -0.3 is 5.11 Å². The van der Waals surface area contributed by atoms with Crippen LogP contribution in [-0.4, -0.2) is 59.8 Å². The molecule has 1 aliphatic heterocycles. The van der Waals surface area contributed by atoms with E-state index in [2.05, 4.69) is 22.0 Å². The molecule has 0 spiro atoms. The quantitative estimate of drug-likeness (QED) is 0.853. The summed E-state index contributed by atoms with van der Waals surface area (Å²) >= 11 is 0. The zero-order chi connectivity index (χ0) is 17.5. The third-order valence-electron chi connectivity index (χ3n) is 5.66. The van der Waals surface area contributed by atoms with E-state index in [9.17, 15) is 9.50 Å². The zero-order valence-electron chi connectivity index (χ0n) is 15.1. The fourth-order valence-electron chi connectivity index (χ4n) is 4.31. The largest absolute Gasteiger partial charge is 0.396 e. The van der Waals surface area contributed by atoms with Crippen LogP contribution in [0.1, 0.15) is 44.1 Å². The molecule has 1 aromatic carbocycles. The van der Waals surface area contributed by atoms with Crippen LogP contribution in [0.4, 0.5) is 4.39 Å². The monoisotopic (exact) mass is 346 g/mol. The molecule has 0 amide bonds. The van der Waals surface area contributed by atoms with Gasteiger partial charge in [-0.25, -0.2) is 4.39 Å². The highest BCUT2D eigenvalue weighted by Gasteiger charge is 2.31. The van der Waals surface area contributed by atoms with Crippen molar-refractivity contribution in [2.75, 3.05) is 32.8 Å². The van der Waals surface area contributed by atoms with Gasteiger partial charge in [0.25, 0.3) is 0 Å². The molecular weight excluding hydrogens is 315 g/mol. The van der Waals surface area contributed by atoms with Crippen LogP contribution in [0.25, 0.3) is 6.08 Å². The molecule has 1 N–H and O–H groups in total. The van der Waals surface area contributed by atoms with Crippen molar-refractivity contribution < 1.29 is 9.50 Å². The van der Waals surface area contributed by atoms with Gasteiger partial charge in [0, 0.05) is 44.9 Å². The summed E-state index contributed by atoms with van der Waals surface area (Å²) in [5.74, 6) is -0.192. The molecular formula is C21H31FN2O. The Hall–Kier alpha value is -1.23. The van der Waals surface area contributed by atoms with Crippen molar-refractivity contribution in [3.63, 3.8) is 0 Å². The highest BCUT2D eigenvalue weighted by molar-refractivity contribution is 5.48. The summed E-state index contributed by atoms with van der Waals surface area (Å²) in [6.45, 7) is 4.42. The van der Waals surface area contributed by atoms with E-state index in [0.29, 0.717) is 6.04 Å². The topological polar surface area (TPSA) is 26.7 Å². The van der Waals surface area contributed by atoms with Crippen molar-refractivity contribution in [1.29, 1.82) is 0 Å². The van der Waals surface area contributed by atoms with Crippen LogP contribution >= 0.6 is 0 Å². The molecule has 1 heterocycles. The first-order valence-electron chi connectivity index (χ1n) is 9.77. The fraction of sp³-hybridized carbons (Fsp3) is 0.619. The molecule has 1 atom stereocenters. The van der Waals surface area contributed by atoms with Crippen molar-refractivity contribution in [2.24, 2.45) is 0 Å². The number of hydrogen-bond donors (Lipinski definition) is 1. The molecule has 0 radical (unpaired) electrons. The molecule has 25 heavy (non-hydrogen) atoms. The lowest BCUT2D eigenvalue weighted by Crippen LogP contribution is -2.57. The lowest BCUT2D eigenvalue weighted by molar-refractivity contribution is 0.0206. The first kappa shape index (κ1) is 18.6. The number of hydrogen-bond acceptors (Lipinski definition) is 3.